The van der Waals surface area contributed by atoms with Gasteiger partial charge in [-0.3, -0.25) is 0 Å². The molecule has 1 atom stereocenters. The van der Waals surface area contributed by atoms with E-state index in [0.717, 1.165) is 11.1 Å². The Labute approximate surface area is 109 Å². The van der Waals surface area contributed by atoms with Gasteiger partial charge in [0.25, 0.3) is 0 Å². The number of halogens is 3. The molecule has 0 spiro atoms. The zero-order valence-electron chi connectivity index (χ0n) is 10.4. The number of nitrogens with one attached hydrogen (secondary N) is 1. The predicted octanol–water partition coefficient (Wildman–Crippen LogP) is 2.01. The van der Waals surface area contributed by atoms with Gasteiger partial charge in [0, 0.05) is 13.1 Å². The summed E-state index contributed by atoms with van der Waals surface area (Å²) in [4.78, 5) is 0. The van der Waals surface area contributed by atoms with Gasteiger partial charge in [0.2, 0.25) is 0 Å². The van der Waals surface area contributed by atoms with Crippen LogP contribution in [0.5, 0.6) is 0 Å². The highest BCUT2D eigenvalue weighted by Gasteiger charge is 2.42. The Hall–Kier alpha value is -1.76. The summed E-state index contributed by atoms with van der Waals surface area (Å²) in [6.07, 6.45) is -4.55. The third-order valence-corrected chi connectivity index (χ3v) is 2.63. The van der Waals surface area contributed by atoms with Crippen molar-refractivity contribution in [2.45, 2.75) is 19.6 Å². The Morgan fingerprint density at radius 2 is 2.16 bits per heavy atom. The van der Waals surface area contributed by atoms with Gasteiger partial charge in [0.05, 0.1) is 0 Å². The van der Waals surface area contributed by atoms with Crippen LogP contribution in [-0.2, 0) is 6.54 Å². The first-order chi connectivity index (χ1) is 8.84. The minimum absolute atomic E-state index is 0.285. The molecule has 106 valence electrons. The lowest BCUT2D eigenvalue weighted by Gasteiger charge is -2.19. The summed E-state index contributed by atoms with van der Waals surface area (Å²) in [5.41, 5.74) is 6.95. The normalized spacial score (nSPS) is 14.4. The average molecular weight is 275 g/mol. The molecule has 0 aliphatic rings. The summed E-state index contributed by atoms with van der Waals surface area (Å²) < 4.78 is 37.9. The van der Waals surface area contributed by atoms with E-state index in [1.165, 1.54) is 0 Å². The first-order valence-corrected chi connectivity index (χ1v) is 5.65. The molecule has 0 bridgehead atoms. The lowest BCUT2D eigenvalue weighted by molar-refractivity contribution is -0.154. The smallest absolute Gasteiger partial charge is 0.400 e. The summed E-state index contributed by atoms with van der Waals surface area (Å²) in [7, 11) is 0. The van der Waals surface area contributed by atoms with E-state index in [-0.39, 0.29) is 6.54 Å². The fourth-order valence-corrected chi connectivity index (χ4v) is 1.64. The molecular weight excluding hydrogens is 259 g/mol. The maximum absolute atomic E-state index is 12.6. The molecule has 0 aliphatic heterocycles. The second-order valence-electron chi connectivity index (χ2n) is 4.24. The van der Waals surface area contributed by atoms with Crippen LogP contribution in [0, 0.1) is 12.8 Å². The van der Waals surface area contributed by atoms with Crippen LogP contribution in [0.2, 0.25) is 0 Å². The molecule has 0 radical (unpaired) electrons. The largest absolute Gasteiger partial charge is 0.409 e. The van der Waals surface area contributed by atoms with Crippen LogP contribution >= 0.6 is 0 Å². The monoisotopic (exact) mass is 275 g/mol. The van der Waals surface area contributed by atoms with Crippen LogP contribution in [0.25, 0.3) is 0 Å². The molecule has 0 aliphatic carbocycles. The van der Waals surface area contributed by atoms with Crippen LogP contribution in [0.15, 0.2) is 29.4 Å². The molecule has 7 heteroatoms. The van der Waals surface area contributed by atoms with Crippen molar-refractivity contribution in [1.82, 2.24) is 5.32 Å². The maximum atomic E-state index is 12.6. The fourth-order valence-electron chi connectivity index (χ4n) is 1.64. The standard InChI is InChI=1S/C12H16F3N3O/c1-8-3-2-4-9(5-8)6-17-7-10(11(16)18-19)12(13,14)15/h2-5,10,17,19H,6-7H2,1H3,(H2,16,18). The molecule has 0 saturated heterocycles. The number of hydrogen-bond acceptors (Lipinski definition) is 3. The van der Waals surface area contributed by atoms with Gasteiger partial charge in [-0.2, -0.15) is 13.2 Å². The Kier molecular flexibility index (Phi) is 5.17. The van der Waals surface area contributed by atoms with Gasteiger partial charge < -0.3 is 16.3 Å². The van der Waals surface area contributed by atoms with Crippen LogP contribution < -0.4 is 11.1 Å². The highest BCUT2D eigenvalue weighted by Crippen LogP contribution is 2.25. The van der Waals surface area contributed by atoms with Crippen molar-refractivity contribution >= 4 is 5.84 Å². The number of nitrogens with zero attached hydrogens (tertiary/aromatic N) is 1. The van der Waals surface area contributed by atoms with E-state index >= 15 is 0 Å². The lowest BCUT2D eigenvalue weighted by atomic mass is 10.1. The summed E-state index contributed by atoms with van der Waals surface area (Å²) in [5, 5.41) is 13.4. The highest BCUT2D eigenvalue weighted by molar-refractivity contribution is 5.83. The Morgan fingerprint density at radius 3 is 2.68 bits per heavy atom. The van der Waals surface area contributed by atoms with Gasteiger partial charge in [0.15, 0.2) is 5.84 Å². The van der Waals surface area contributed by atoms with Gasteiger partial charge in [-0.05, 0) is 12.5 Å². The van der Waals surface area contributed by atoms with Crippen LogP contribution in [0.3, 0.4) is 0 Å². The highest BCUT2D eigenvalue weighted by atomic mass is 19.4. The van der Waals surface area contributed by atoms with E-state index in [1.807, 2.05) is 31.2 Å². The number of hydrogen-bond donors (Lipinski definition) is 3. The second-order valence-corrected chi connectivity index (χ2v) is 4.24. The van der Waals surface area contributed by atoms with Crippen molar-refractivity contribution < 1.29 is 18.4 Å². The number of nitrogens with two attached hydrogens (primary N) is 1. The molecular formula is C12H16F3N3O. The average Bonchev–Trinajstić information content (AvgIpc) is 2.32. The third-order valence-electron chi connectivity index (χ3n) is 2.63. The van der Waals surface area contributed by atoms with Crippen molar-refractivity contribution in [1.29, 1.82) is 0 Å². The number of benzene rings is 1. The number of amidine groups is 1. The van der Waals surface area contributed by atoms with Crippen molar-refractivity contribution in [2.75, 3.05) is 6.54 Å². The van der Waals surface area contributed by atoms with Crippen LogP contribution in [0.4, 0.5) is 13.2 Å². The second kappa shape index (κ2) is 6.42. The zero-order valence-corrected chi connectivity index (χ0v) is 10.4. The number of rotatable bonds is 5. The molecule has 0 aromatic heterocycles. The summed E-state index contributed by atoms with van der Waals surface area (Å²) >= 11 is 0. The first kappa shape index (κ1) is 15.3. The molecule has 4 N–H and O–H groups in total. The minimum atomic E-state index is -4.55. The van der Waals surface area contributed by atoms with E-state index in [4.69, 9.17) is 10.9 Å². The molecule has 0 fully saturated rings. The maximum Gasteiger partial charge on any atom is 0.400 e. The predicted molar refractivity (Wildman–Crippen MR) is 65.8 cm³/mol. The SMILES string of the molecule is Cc1cccc(CNCC(/C(N)=N/O)C(F)(F)F)c1. The topological polar surface area (TPSA) is 70.6 Å². The van der Waals surface area contributed by atoms with Gasteiger partial charge >= 0.3 is 6.18 Å². The van der Waals surface area contributed by atoms with E-state index in [9.17, 15) is 13.2 Å². The van der Waals surface area contributed by atoms with Crippen molar-refractivity contribution in [3.8, 4) is 0 Å². The quantitative estimate of drug-likeness (QED) is 0.333. The summed E-state index contributed by atoms with van der Waals surface area (Å²) in [6.45, 7) is 1.75. The molecule has 1 aromatic carbocycles. The molecule has 19 heavy (non-hydrogen) atoms. The van der Waals surface area contributed by atoms with E-state index in [2.05, 4.69) is 10.5 Å². The number of aryl methyl sites for hydroxylation is 1. The van der Waals surface area contributed by atoms with Crippen molar-refractivity contribution in [2.24, 2.45) is 16.8 Å². The van der Waals surface area contributed by atoms with E-state index in [0.29, 0.717) is 0 Å². The van der Waals surface area contributed by atoms with E-state index < -0.39 is 24.5 Å². The molecule has 0 heterocycles. The lowest BCUT2D eigenvalue weighted by Crippen LogP contribution is -2.42. The Morgan fingerprint density at radius 1 is 1.47 bits per heavy atom. The number of oxime groups is 1. The van der Waals surface area contributed by atoms with Gasteiger partial charge in [-0.25, -0.2) is 0 Å². The Bertz CT molecular complexity index is 446. The molecule has 1 unspecified atom stereocenters. The summed E-state index contributed by atoms with van der Waals surface area (Å²) in [6, 6.07) is 7.42. The van der Waals surface area contributed by atoms with Crippen molar-refractivity contribution in [3.63, 3.8) is 0 Å². The molecule has 1 rings (SSSR count). The molecule has 0 saturated carbocycles. The van der Waals surface area contributed by atoms with Gasteiger partial charge in [0.1, 0.15) is 5.92 Å². The minimum Gasteiger partial charge on any atom is -0.409 e. The van der Waals surface area contributed by atoms with Crippen molar-refractivity contribution in [3.05, 3.63) is 35.4 Å². The number of alkyl halides is 3. The molecule has 0 amide bonds. The van der Waals surface area contributed by atoms with Gasteiger partial charge in [-0.15, -0.1) is 0 Å². The fraction of sp³-hybridized carbons (Fsp3) is 0.417. The van der Waals surface area contributed by atoms with Crippen LogP contribution in [-0.4, -0.2) is 23.8 Å². The molecule has 4 nitrogen and oxygen atoms in total. The van der Waals surface area contributed by atoms with Crippen LogP contribution in [0.1, 0.15) is 11.1 Å². The van der Waals surface area contributed by atoms with E-state index in [1.54, 1.807) is 0 Å². The van der Waals surface area contributed by atoms with Gasteiger partial charge in [-0.1, -0.05) is 35.0 Å². The Balaban J connectivity index is 2.58. The first-order valence-electron chi connectivity index (χ1n) is 5.65. The zero-order chi connectivity index (χ0) is 14.5. The third kappa shape index (κ3) is 4.78. The molecule has 1 aromatic rings. The summed E-state index contributed by atoms with van der Waals surface area (Å²) in [5.74, 6) is -2.84.